The summed E-state index contributed by atoms with van der Waals surface area (Å²) in [6.45, 7) is 3.90. The number of carboxylic acids is 1. The highest BCUT2D eigenvalue weighted by molar-refractivity contribution is 5.70. The molecule has 18 heavy (non-hydrogen) atoms. The Hall–Kier alpha value is -1.35. The van der Waals surface area contributed by atoms with E-state index in [1.54, 1.807) is 0 Å². The first-order valence-corrected chi connectivity index (χ1v) is 6.53. The maximum atomic E-state index is 11.2. The van der Waals surface area contributed by atoms with Crippen molar-refractivity contribution in [3.63, 3.8) is 0 Å². The van der Waals surface area contributed by atoms with Crippen LogP contribution in [-0.4, -0.2) is 22.3 Å². The zero-order valence-electron chi connectivity index (χ0n) is 11.0. The first-order chi connectivity index (χ1) is 8.57. The van der Waals surface area contributed by atoms with Crippen LogP contribution < -0.4 is 0 Å². The van der Waals surface area contributed by atoms with Crippen LogP contribution >= 0.6 is 0 Å². The first-order valence-electron chi connectivity index (χ1n) is 6.53. The second-order valence-electron chi connectivity index (χ2n) is 4.78. The largest absolute Gasteiger partial charge is 0.481 e. The van der Waals surface area contributed by atoms with E-state index < -0.39 is 18.0 Å². The molecule has 3 unspecified atom stereocenters. The molecule has 0 saturated heterocycles. The maximum Gasteiger partial charge on any atom is 0.309 e. The van der Waals surface area contributed by atoms with E-state index in [4.69, 9.17) is 0 Å². The van der Waals surface area contributed by atoms with Gasteiger partial charge in [0.25, 0.3) is 0 Å². The molecular weight excluding hydrogens is 228 g/mol. The number of carbonyl (C=O) groups is 1. The molecule has 3 nitrogen and oxygen atoms in total. The summed E-state index contributed by atoms with van der Waals surface area (Å²) in [7, 11) is 0. The van der Waals surface area contributed by atoms with Gasteiger partial charge in [-0.15, -0.1) is 0 Å². The molecular formula is C15H22O3. The SMILES string of the molecule is CCCCC(C(=O)O)C(O)C(C)c1ccccc1. The van der Waals surface area contributed by atoms with Crippen molar-refractivity contribution in [1.82, 2.24) is 0 Å². The van der Waals surface area contributed by atoms with Crippen LogP contribution in [0.4, 0.5) is 0 Å². The van der Waals surface area contributed by atoms with E-state index in [0.29, 0.717) is 6.42 Å². The minimum Gasteiger partial charge on any atom is -0.481 e. The van der Waals surface area contributed by atoms with Gasteiger partial charge in [-0.25, -0.2) is 0 Å². The minimum absolute atomic E-state index is 0.163. The van der Waals surface area contributed by atoms with Crippen LogP contribution in [0.2, 0.25) is 0 Å². The molecule has 0 spiro atoms. The number of rotatable bonds is 7. The Kier molecular flexibility index (Phi) is 5.86. The third-order valence-corrected chi connectivity index (χ3v) is 3.44. The van der Waals surface area contributed by atoms with Crippen molar-refractivity contribution in [3.05, 3.63) is 35.9 Å². The molecule has 0 aromatic heterocycles. The highest BCUT2D eigenvalue weighted by atomic mass is 16.4. The van der Waals surface area contributed by atoms with E-state index in [0.717, 1.165) is 18.4 Å². The van der Waals surface area contributed by atoms with Gasteiger partial charge in [-0.1, -0.05) is 57.0 Å². The van der Waals surface area contributed by atoms with Gasteiger partial charge in [-0.2, -0.15) is 0 Å². The molecule has 3 heteroatoms. The van der Waals surface area contributed by atoms with Crippen LogP contribution in [0, 0.1) is 5.92 Å². The summed E-state index contributed by atoms with van der Waals surface area (Å²) in [5.41, 5.74) is 0.979. The van der Waals surface area contributed by atoms with Crippen molar-refractivity contribution in [2.24, 2.45) is 5.92 Å². The van der Waals surface area contributed by atoms with Gasteiger partial charge >= 0.3 is 5.97 Å². The lowest BCUT2D eigenvalue weighted by atomic mass is 9.84. The van der Waals surface area contributed by atoms with Gasteiger partial charge in [-0.05, 0) is 12.0 Å². The van der Waals surface area contributed by atoms with E-state index in [-0.39, 0.29) is 5.92 Å². The number of aliphatic hydroxyl groups excluding tert-OH is 1. The van der Waals surface area contributed by atoms with Gasteiger partial charge in [0, 0.05) is 5.92 Å². The zero-order chi connectivity index (χ0) is 13.5. The summed E-state index contributed by atoms with van der Waals surface area (Å²) >= 11 is 0. The number of carboxylic acid groups (broad SMARTS) is 1. The molecule has 0 aliphatic carbocycles. The van der Waals surface area contributed by atoms with Crippen molar-refractivity contribution in [3.8, 4) is 0 Å². The van der Waals surface area contributed by atoms with Crippen molar-refractivity contribution in [2.45, 2.75) is 45.1 Å². The average Bonchev–Trinajstić information content (AvgIpc) is 2.38. The van der Waals surface area contributed by atoms with Gasteiger partial charge in [0.05, 0.1) is 12.0 Å². The number of aliphatic hydroxyl groups is 1. The second kappa shape index (κ2) is 7.17. The molecule has 0 fully saturated rings. The molecule has 100 valence electrons. The zero-order valence-corrected chi connectivity index (χ0v) is 11.0. The summed E-state index contributed by atoms with van der Waals surface area (Å²) in [5, 5.41) is 19.5. The molecule has 0 aliphatic rings. The maximum absolute atomic E-state index is 11.2. The Morgan fingerprint density at radius 3 is 2.39 bits per heavy atom. The third-order valence-electron chi connectivity index (χ3n) is 3.44. The quantitative estimate of drug-likeness (QED) is 0.782. The number of aliphatic carboxylic acids is 1. The topological polar surface area (TPSA) is 57.5 Å². The van der Waals surface area contributed by atoms with E-state index in [9.17, 15) is 15.0 Å². The van der Waals surface area contributed by atoms with Crippen LogP contribution in [0.1, 0.15) is 44.6 Å². The molecule has 3 atom stereocenters. The number of unbranched alkanes of at least 4 members (excludes halogenated alkanes) is 1. The van der Waals surface area contributed by atoms with Crippen LogP contribution in [0.5, 0.6) is 0 Å². The minimum atomic E-state index is -0.904. The van der Waals surface area contributed by atoms with E-state index in [1.807, 2.05) is 44.2 Å². The van der Waals surface area contributed by atoms with Gasteiger partial charge < -0.3 is 10.2 Å². The smallest absolute Gasteiger partial charge is 0.309 e. The monoisotopic (exact) mass is 250 g/mol. The van der Waals surface area contributed by atoms with Crippen molar-refractivity contribution >= 4 is 5.97 Å². The second-order valence-corrected chi connectivity index (χ2v) is 4.78. The fourth-order valence-corrected chi connectivity index (χ4v) is 2.17. The van der Waals surface area contributed by atoms with E-state index >= 15 is 0 Å². The molecule has 1 rings (SSSR count). The van der Waals surface area contributed by atoms with E-state index in [1.165, 1.54) is 0 Å². The molecule has 0 aliphatic heterocycles. The van der Waals surface area contributed by atoms with Gasteiger partial charge in [0.2, 0.25) is 0 Å². The molecule has 1 aromatic carbocycles. The molecule has 0 bridgehead atoms. The predicted molar refractivity (Wildman–Crippen MR) is 71.5 cm³/mol. The summed E-state index contributed by atoms with van der Waals surface area (Å²) in [5.74, 6) is -1.75. The molecule has 0 saturated carbocycles. The average molecular weight is 250 g/mol. The fraction of sp³-hybridized carbons (Fsp3) is 0.533. The Labute approximate surface area is 108 Å². The molecule has 2 N–H and O–H groups in total. The van der Waals surface area contributed by atoms with Crippen molar-refractivity contribution in [1.29, 1.82) is 0 Å². The van der Waals surface area contributed by atoms with Crippen LogP contribution in [0.25, 0.3) is 0 Å². The van der Waals surface area contributed by atoms with Crippen LogP contribution in [-0.2, 0) is 4.79 Å². The Morgan fingerprint density at radius 2 is 1.89 bits per heavy atom. The Morgan fingerprint density at radius 1 is 1.28 bits per heavy atom. The van der Waals surface area contributed by atoms with Crippen LogP contribution in [0.3, 0.4) is 0 Å². The number of hydrogen-bond donors (Lipinski definition) is 2. The lowest BCUT2D eigenvalue weighted by Gasteiger charge is -2.25. The lowest BCUT2D eigenvalue weighted by Crippen LogP contribution is -2.32. The normalized spacial score (nSPS) is 15.9. The summed E-state index contributed by atoms with van der Waals surface area (Å²) in [4.78, 5) is 11.2. The predicted octanol–water partition coefficient (Wildman–Crippen LogP) is 3.04. The number of hydrogen-bond acceptors (Lipinski definition) is 2. The van der Waals surface area contributed by atoms with E-state index in [2.05, 4.69) is 0 Å². The Balaban J connectivity index is 2.76. The highest BCUT2D eigenvalue weighted by Gasteiger charge is 2.30. The summed E-state index contributed by atoms with van der Waals surface area (Å²) < 4.78 is 0. The third kappa shape index (κ3) is 3.84. The van der Waals surface area contributed by atoms with Gasteiger partial charge in [0.15, 0.2) is 0 Å². The van der Waals surface area contributed by atoms with Crippen LogP contribution in [0.15, 0.2) is 30.3 Å². The van der Waals surface area contributed by atoms with Crippen molar-refractivity contribution in [2.75, 3.05) is 0 Å². The molecule has 0 radical (unpaired) electrons. The van der Waals surface area contributed by atoms with Crippen molar-refractivity contribution < 1.29 is 15.0 Å². The van der Waals surface area contributed by atoms with Gasteiger partial charge in [0.1, 0.15) is 0 Å². The standard InChI is InChI=1S/C15H22O3/c1-3-4-10-13(15(17)18)14(16)11(2)12-8-6-5-7-9-12/h5-9,11,13-14,16H,3-4,10H2,1-2H3,(H,17,18). The summed E-state index contributed by atoms with van der Waals surface area (Å²) in [6.07, 6.45) is 1.46. The number of benzene rings is 1. The lowest BCUT2D eigenvalue weighted by molar-refractivity contribution is -0.146. The van der Waals surface area contributed by atoms with Gasteiger partial charge in [-0.3, -0.25) is 4.79 Å². The molecule has 1 aromatic rings. The first kappa shape index (κ1) is 14.7. The highest BCUT2D eigenvalue weighted by Crippen LogP contribution is 2.27. The fourth-order valence-electron chi connectivity index (χ4n) is 2.17. The summed E-state index contributed by atoms with van der Waals surface area (Å²) in [6, 6.07) is 9.56. The molecule has 0 amide bonds. The Bertz CT molecular complexity index is 361. The molecule has 0 heterocycles.